The largest absolute Gasteiger partial charge is 0.496 e. The van der Waals surface area contributed by atoms with E-state index in [-0.39, 0.29) is 11.8 Å². The summed E-state index contributed by atoms with van der Waals surface area (Å²) in [5, 5.41) is 8.45. The first-order valence-corrected chi connectivity index (χ1v) is 11.8. The molecule has 1 N–H and O–H groups in total. The molecule has 174 valence electrons. The van der Waals surface area contributed by atoms with Gasteiger partial charge < -0.3 is 15.0 Å². The fourth-order valence-corrected chi connectivity index (χ4v) is 4.74. The Kier molecular flexibility index (Phi) is 6.36. The molecule has 0 bridgehead atoms. The number of fused-ring (bicyclic) bond motifs is 1. The number of amides is 1. The van der Waals surface area contributed by atoms with Crippen LogP contribution in [0.5, 0.6) is 5.75 Å². The van der Waals surface area contributed by atoms with Crippen molar-refractivity contribution in [1.82, 2.24) is 19.9 Å². The second-order valence-electron chi connectivity index (χ2n) is 8.40. The lowest BCUT2D eigenvalue weighted by atomic mass is 9.97. The highest BCUT2D eigenvalue weighted by Crippen LogP contribution is 2.31. The van der Waals surface area contributed by atoms with Crippen LogP contribution in [0.2, 0.25) is 5.02 Å². The van der Waals surface area contributed by atoms with Gasteiger partial charge in [-0.2, -0.15) is 5.10 Å². The lowest BCUT2D eigenvalue weighted by molar-refractivity contribution is -0.125. The predicted molar refractivity (Wildman–Crippen MR) is 133 cm³/mol. The molecular weight excluding hydrogens is 450 g/mol. The summed E-state index contributed by atoms with van der Waals surface area (Å²) in [6.45, 7) is 1.89. The van der Waals surface area contributed by atoms with E-state index >= 15 is 0 Å². The molecule has 1 saturated heterocycles. The van der Waals surface area contributed by atoms with Gasteiger partial charge in [-0.15, -0.1) is 0 Å². The quantitative estimate of drug-likeness (QED) is 0.441. The number of methoxy groups -OCH3 is 1. The maximum absolute atomic E-state index is 13.0. The molecule has 1 amide bonds. The number of hydrogen-bond acceptors (Lipinski definition) is 5. The second-order valence-corrected chi connectivity index (χ2v) is 8.81. The Labute approximate surface area is 203 Å². The van der Waals surface area contributed by atoms with Crippen molar-refractivity contribution < 1.29 is 9.53 Å². The van der Waals surface area contributed by atoms with Crippen LogP contribution in [0.15, 0.2) is 67.0 Å². The molecule has 5 rings (SSSR count). The van der Waals surface area contributed by atoms with Crippen molar-refractivity contribution >= 4 is 28.8 Å². The van der Waals surface area contributed by atoms with Crippen LogP contribution in [0, 0.1) is 5.92 Å². The minimum atomic E-state index is -0.114. The predicted octanol–water partition coefficient (Wildman–Crippen LogP) is 4.59. The van der Waals surface area contributed by atoms with E-state index in [0.29, 0.717) is 18.1 Å². The molecule has 2 aromatic heterocycles. The van der Waals surface area contributed by atoms with Gasteiger partial charge >= 0.3 is 0 Å². The molecule has 1 aliphatic heterocycles. The molecular formula is C26H26ClN5O2. The van der Waals surface area contributed by atoms with E-state index in [1.165, 1.54) is 0 Å². The van der Waals surface area contributed by atoms with Crippen LogP contribution in [-0.4, -0.2) is 40.7 Å². The van der Waals surface area contributed by atoms with Crippen LogP contribution in [0.25, 0.3) is 16.8 Å². The standard InChI is InChI=1S/C26H26ClN5O2/c1-34-24-11-5-2-7-18(24)16-29-26(33)19-8-6-13-31(17-19)25-23-15-22(30-32(23)14-12-28-25)20-9-3-4-10-21(20)27/h2-5,7,9-12,14-15,19H,6,8,13,16-17H2,1H3,(H,29,33)/t19-/m0/s1. The van der Waals surface area contributed by atoms with E-state index in [9.17, 15) is 4.79 Å². The highest BCUT2D eigenvalue weighted by Gasteiger charge is 2.28. The Bertz CT molecular complexity index is 1320. The number of nitrogens with one attached hydrogen (secondary N) is 1. The van der Waals surface area contributed by atoms with Crippen LogP contribution in [0.1, 0.15) is 18.4 Å². The SMILES string of the molecule is COc1ccccc1CNC(=O)[C@H]1CCCN(c2nccn3nc(-c4ccccc4Cl)cc23)C1. The monoisotopic (exact) mass is 475 g/mol. The highest BCUT2D eigenvalue weighted by molar-refractivity contribution is 6.33. The molecule has 7 nitrogen and oxygen atoms in total. The number of rotatable bonds is 6. The summed E-state index contributed by atoms with van der Waals surface area (Å²) in [7, 11) is 1.64. The minimum absolute atomic E-state index is 0.0489. The fourth-order valence-electron chi connectivity index (χ4n) is 4.51. The van der Waals surface area contributed by atoms with E-state index in [0.717, 1.165) is 53.3 Å². The van der Waals surface area contributed by atoms with Crippen LogP contribution >= 0.6 is 11.6 Å². The number of hydrogen-bond donors (Lipinski definition) is 1. The zero-order valence-electron chi connectivity index (χ0n) is 18.9. The van der Waals surface area contributed by atoms with E-state index in [4.69, 9.17) is 21.4 Å². The first kappa shape index (κ1) is 22.2. The number of benzene rings is 2. The van der Waals surface area contributed by atoms with Crippen molar-refractivity contribution in [1.29, 1.82) is 0 Å². The molecule has 0 radical (unpaired) electrons. The molecule has 3 heterocycles. The number of ether oxygens (including phenoxy) is 1. The minimum Gasteiger partial charge on any atom is -0.496 e. The van der Waals surface area contributed by atoms with E-state index in [1.807, 2.05) is 65.3 Å². The Morgan fingerprint density at radius 2 is 2.03 bits per heavy atom. The zero-order valence-corrected chi connectivity index (χ0v) is 19.7. The number of carbonyl (C=O) groups excluding carboxylic acids is 1. The van der Waals surface area contributed by atoms with Crippen molar-refractivity contribution in [2.75, 3.05) is 25.1 Å². The molecule has 2 aromatic carbocycles. The molecule has 1 atom stereocenters. The van der Waals surface area contributed by atoms with Crippen molar-refractivity contribution in [2.24, 2.45) is 5.92 Å². The Balaban J connectivity index is 1.34. The number of anilines is 1. The maximum Gasteiger partial charge on any atom is 0.225 e. The Hall–Kier alpha value is -3.58. The molecule has 4 aromatic rings. The van der Waals surface area contributed by atoms with Gasteiger partial charge in [0, 0.05) is 43.2 Å². The normalized spacial score (nSPS) is 15.9. The van der Waals surface area contributed by atoms with Gasteiger partial charge in [-0.05, 0) is 31.0 Å². The topological polar surface area (TPSA) is 71.8 Å². The zero-order chi connectivity index (χ0) is 23.5. The number of para-hydroxylation sites is 1. The van der Waals surface area contributed by atoms with Crippen LogP contribution in [-0.2, 0) is 11.3 Å². The van der Waals surface area contributed by atoms with Crippen LogP contribution in [0.3, 0.4) is 0 Å². The smallest absolute Gasteiger partial charge is 0.225 e. The van der Waals surface area contributed by atoms with Crippen LogP contribution in [0.4, 0.5) is 5.82 Å². The molecule has 8 heteroatoms. The highest BCUT2D eigenvalue weighted by atomic mass is 35.5. The maximum atomic E-state index is 13.0. The van der Waals surface area contributed by atoms with Gasteiger partial charge in [0.1, 0.15) is 11.3 Å². The molecule has 34 heavy (non-hydrogen) atoms. The lowest BCUT2D eigenvalue weighted by Crippen LogP contribution is -2.43. The van der Waals surface area contributed by atoms with Gasteiger partial charge in [0.15, 0.2) is 5.82 Å². The van der Waals surface area contributed by atoms with Gasteiger partial charge in [-0.25, -0.2) is 9.50 Å². The van der Waals surface area contributed by atoms with Gasteiger partial charge in [0.05, 0.1) is 23.7 Å². The fraction of sp³-hybridized carbons (Fsp3) is 0.269. The first-order chi connectivity index (χ1) is 16.6. The molecule has 0 unspecified atom stereocenters. The van der Waals surface area contributed by atoms with Crippen molar-refractivity contribution in [3.05, 3.63) is 77.6 Å². The molecule has 0 spiro atoms. The number of halogens is 1. The van der Waals surface area contributed by atoms with Gasteiger partial charge in [0.2, 0.25) is 5.91 Å². The van der Waals surface area contributed by atoms with Gasteiger partial charge in [-0.3, -0.25) is 4.79 Å². The number of aromatic nitrogens is 3. The lowest BCUT2D eigenvalue weighted by Gasteiger charge is -2.33. The third-order valence-corrected chi connectivity index (χ3v) is 6.59. The summed E-state index contributed by atoms with van der Waals surface area (Å²) >= 11 is 6.39. The van der Waals surface area contributed by atoms with Crippen molar-refractivity contribution in [3.8, 4) is 17.0 Å². The summed E-state index contributed by atoms with van der Waals surface area (Å²) in [5.41, 5.74) is 3.53. The molecule has 0 saturated carbocycles. The Morgan fingerprint density at radius 1 is 1.21 bits per heavy atom. The van der Waals surface area contributed by atoms with E-state index in [1.54, 1.807) is 13.3 Å². The van der Waals surface area contributed by atoms with Gasteiger partial charge in [0.25, 0.3) is 0 Å². The first-order valence-electron chi connectivity index (χ1n) is 11.4. The van der Waals surface area contributed by atoms with Crippen molar-refractivity contribution in [2.45, 2.75) is 19.4 Å². The summed E-state index contributed by atoms with van der Waals surface area (Å²) in [5.74, 6) is 1.54. The average Bonchev–Trinajstić information content (AvgIpc) is 3.32. The second kappa shape index (κ2) is 9.73. The molecule has 0 aliphatic carbocycles. The van der Waals surface area contributed by atoms with Gasteiger partial charge in [-0.1, -0.05) is 48.0 Å². The number of piperidine rings is 1. The third kappa shape index (κ3) is 4.43. The van der Waals surface area contributed by atoms with E-state index < -0.39 is 0 Å². The molecule has 1 fully saturated rings. The Morgan fingerprint density at radius 3 is 2.88 bits per heavy atom. The van der Waals surface area contributed by atoms with Crippen molar-refractivity contribution in [3.63, 3.8) is 0 Å². The number of nitrogens with zero attached hydrogens (tertiary/aromatic N) is 4. The summed E-state index contributed by atoms with van der Waals surface area (Å²) in [6, 6.07) is 17.4. The summed E-state index contributed by atoms with van der Waals surface area (Å²) in [4.78, 5) is 19.8. The third-order valence-electron chi connectivity index (χ3n) is 6.26. The van der Waals surface area contributed by atoms with E-state index in [2.05, 4.69) is 15.2 Å². The summed E-state index contributed by atoms with van der Waals surface area (Å²) in [6.07, 6.45) is 5.35. The average molecular weight is 476 g/mol. The summed E-state index contributed by atoms with van der Waals surface area (Å²) < 4.78 is 7.22. The molecule has 1 aliphatic rings. The number of carbonyl (C=O) groups is 1. The van der Waals surface area contributed by atoms with Crippen LogP contribution < -0.4 is 15.0 Å².